The van der Waals surface area contributed by atoms with Gasteiger partial charge in [0.15, 0.2) is 0 Å². The number of nitrogens with zero attached hydrogens (tertiary/aromatic N) is 2. The van der Waals surface area contributed by atoms with Crippen molar-refractivity contribution in [3.05, 3.63) is 36.6 Å². The fraction of sp³-hybridized carbons (Fsp3) is 0.667. The number of allylic oxidation sites excluding steroid dienone is 2. The lowest BCUT2D eigenvalue weighted by Crippen LogP contribution is -2.31. The molecule has 2 heteroatoms. The summed E-state index contributed by atoms with van der Waals surface area (Å²) >= 11 is 0. The van der Waals surface area contributed by atoms with E-state index in [9.17, 15) is 0 Å². The van der Waals surface area contributed by atoms with E-state index in [-0.39, 0.29) is 0 Å². The summed E-state index contributed by atoms with van der Waals surface area (Å²) in [4.78, 5) is 4.88. The minimum Gasteiger partial charge on any atom is -0.375 e. The van der Waals surface area contributed by atoms with Crippen molar-refractivity contribution in [1.29, 1.82) is 0 Å². The van der Waals surface area contributed by atoms with Crippen LogP contribution in [0, 0.1) is 0 Å². The molecule has 0 amide bonds. The fourth-order valence-electron chi connectivity index (χ4n) is 2.41. The van der Waals surface area contributed by atoms with Crippen LogP contribution in [-0.2, 0) is 0 Å². The summed E-state index contributed by atoms with van der Waals surface area (Å²) in [6.07, 6.45) is 16.8. The highest BCUT2D eigenvalue weighted by Crippen LogP contribution is 2.06. The van der Waals surface area contributed by atoms with E-state index in [1.165, 1.54) is 32.4 Å². The molecule has 0 bridgehead atoms. The molecular formula is C18H32N2. The predicted octanol–water partition coefficient (Wildman–Crippen LogP) is 4.22. The zero-order chi connectivity index (χ0) is 14.8. The van der Waals surface area contributed by atoms with Crippen molar-refractivity contribution in [3.8, 4) is 0 Å². The second-order valence-electron chi connectivity index (χ2n) is 6.07. The molecule has 0 saturated carbocycles. The van der Waals surface area contributed by atoms with Gasteiger partial charge in [0, 0.05) is 31.7 Å². The van der Waals surface area contributed by atoms with Gasteiger partial charge in [-0.05, 0) is 59.2 Å². The summed E-state index contributed by atoms with van der Waals surface area (Å²) in [5.74, 6) is 0. The van der Waals surface area contributed by atoms with Gasteiger partial charge in [-0.3, -0.25) is 0 Å². The minimum absolute atomic E-state index is 0.635. The molecule has 20 heavy (non-hydrogen) atoms. The molecule has 0 aromatic rings. The van der Waals surface area contributed by atoms with E-state index in [2.05, 4.69) is 74.1 Å². The predicted molar refractivity (Wildman–Crippen MR) is 89.8 cm³/mol. The van der Waals surface area contributed by atoms with Crippen LogP contribution < -0.4 is 0 Å². The van der Waals surface area contributed by atoms with Crippen LogP contribution in [0.2, 0.25) is 0 Å². The van der Waals surface area contributed by atoms with Crippen molar-refractivity contribution in [1.82, 2.24) is 9.80 Å². The molecule has 0 radical (unpaired) electrons. The average molecular weight is 276 g/mol. The van der Waals surface area contributed by atoms with E-state index < -0.39 is 0 Å². The highest BCUT2D eigenvalue weighted by atomic mass is 15.1. The van der Waals surface area contributed by atoms with E-state index in [1.54, 1.807) is 0 Å². The van der Waals surface area contributed by atoms with E-state index in [0.717, 1.165) is 12.6 Å². The Labute approximate surface area is 125 Å². The van der Waals surface area contributed by atoms with Crippen LogP contribution in [-0.4, -0.2) is 41.5 Å². The summed E-state index contributed by atoms with van der Waals surface area (Å²) in [5, 5.41) is 0. The van der Waals surface area contributed by atoms with Gasteiger partial charge in [0.1, 0.15) is 0 Å². The van der Waals surface area contributed by atoms with Gasteiger partial charge in [-0.2, -0.15) is 0 Å². The van der Waals surface area contributed by atoms with E-state index in [1.807, 2.05) is 0 Å². The molecule has 2 heterocycles. The number of hydrogen-bond donors (Lipinski definition) is 0. The first kappa shape index (κ1) is 17.0. The van der Waals surface area contributed by atoms with Crippen LogP contribution >= 0.6 is 0 Å². The van der Waals surface area contributed by atoms with Crippen molar-refractivity contribution in [3.63, 3.8) is 0 Å². The maximum absolute atomic E-state index is 2.53. The van der Waals surface area contributed by atoms with Crippen molar-refractivity contribution < 1.29 is 0 Å². The van der Waals surface area contributed by atoms with Gasteiger partial charge in [-0.1, -0.05) is 24.3 Å². The van der Waals surface area contributed by atoms with Crippen molar-refractivity contribution in [2.24, 2.45) is 0 Å². The zero-order valence-electron chi connectivity index (χ0n) is 13.8. The molecule has 0 aliphatic carbocycles. The maximum Gasteiger partial charge on any atom is 0.0227 e. The summed E-state index contributed by atoms with van der Waals surface area (Å²) in [5.41, 5.74) is 0. The molecule has 2 aliphatic rings. The molecule has 0 atom stereocenters. The van der Waals surface area contributed by atoms with Gasteiger partial charge in [-0.15, -0.1) is 0 Å². The number of hydrogen-bond acceptors (Lipinski definition) is 2. The summed E-state index contributed by atoms with van der Waals surface area (Å²) < 4.78 is 0. The van der Waals surface area contributed by atoms with Crippen molar-refractivity contribution in [2.45, 2.75) is 59.0 Å². The molecule has 0 fully saturated rings. The van der Waals surface area contributed by atoms with Crippen LogP contribution in [0.25, 0.3) is 0 Å². The second-order valence-corrected chi connectivity index (χ2v) is 6.07. The van der Waals surface area contributed by atoms with Gasteiger partial charge >= 0.3 is 0 Å². The van der Waals surface area contributed by atoms with E-state index in [0.29, 0.717) is 6.04 Å². The van der Waals surface area contributed by atoms with Crippen LogP contribution in [0.4, 0.5) is 0 Å². The average Bonchev–Trinajstić information content (AvgIpc) is 2.84. The van der Waals surface area contributed by atoms with E-state index >= 15 is 0 Å². The lowest BCUT2D eigenvalue weighted by Gasteiger charge is -2.23. The molecule has 2 nitrogen and oxygen atoms in total. The Kier molecular flexibility index (Phi) is 8.36. The Hall–Kier alpha value is -1.02. The van der Waals surface area contributed by atoms with Crippen LogP contribution in [0.5, 0.6) is 0 Å². The summed E-state index contributed by atoms with van der Waals surface area (Å²) in [7, 11) is 0. The van der Waals surface area contributed by atoms with Gasteiger partial charge < -0.3 is 9.80 Å². The first-order chi connectivity index (χ1) is 9.61. The maximum atomic E-state index is 2.53. The van der Waals surface area contributed by atoms with Crippen LogP contribution in [0.3, 0.4) is 0 Å². The molecule has 0 N–H and O–H groups in total. The third kappa shape index (κ3) is 6.95. The largest absolute Gasteiger partial charge is 0.375 e. The second kappa shape index (κ2) is 9.82. The molecular weight excluding hydrogens is 244 g/mol. The Morgan fingerprint density at radius 2 is 1.30 bits per heavy atom. The molecule has 0 saturated heterocycles. The topological polar surface area (TPSA) is 6.48 Å². The van der Waals surface area contributed by atoms with Crippen LogP contribution in [0.15, 0.2) is 36.6 Å². The summed E-state index contributed by atoms with van der Waals surface area (Å²) in [6, 6.07) is 1.36. The Balaban J connectivity index is 0.000000200. The SMILES string of the molecule is CC(C)N1C=CC=CCC1.CC(C)N1CCC=CCC1. The highest BCUT2D eigenvalue weighted by molar-refractivity contribution is 5.05. The highest BCUT2D eigenvalue weighted by Gasteiger charge is 2.08. The lowest BCUT2D eigenvalue weighted by molar-refractivity contribution is 0.234. The first-order valence-corrected chi connectivity index (χ1v) is 8.09. The minimum atomic E-state index is 0.635. The quantitative estimate of drug-likeness (QED) is 0.697. The van der Waals surface area contributed by atoms with Gasteiger partial charge in [0.05, 0.1) is 0 Å². The standard InChI is InChI=1S/C9H17N.C9H15N/c2*1-9(2)10-7-5-3-4-6-8-10/h3-4,9H,5-8H2,1-2H3;3-5,7,9H,6,8H2,1-2H3. The third-order valence-electron chi connectivity index (χ3n) is 3.80. The van der Waals surface area contributed by atoms with Crippen molar-refractivity contribution in [2.75, 3.05) is 19.6 Å². The smallest absolute Gasteiger partial charge is 0.0227 e. The molecule has 0 unspecified atom stereocenters. The number of rotatable bonds is 2. The van der Waals surface area contributed by atoms with Gasteiger partial charge in [0.2, 0.25) is 0 Å². The molecule has 2 rings (SSSR count). The molecule has 0 aromatic carbocycles. The fourth-order valence-corrected chi connectivity index (χ4v) is 2.41. The molecule has 0 aromatic heterocycles. The zero-order valence-corrected chi connectivity index (χ0v) is 13.8. The Morgan fingerprint density at radius 3 is 1.85 bits per heavy atom. The molecule has 0 spiro atoms. The normalized spacial score (nSPS) is 19.8. The van der Waals surface area contributed by atoms with Crippen LogP contribution in [0.1, 0.15) is 47.0 Å². The van der Waals surface area contributed by atoms with Gasteiger partial charge in [0.25, 0.3) is 0 Å². The van der Waals surface area contributed by atoms with Gasteiger partial charge in [-0.25, -0.2) is 0 Å². The Bertz CT molecular complexity index is 316. The monoisotopic (exact) mass is 276 g/mol. The van der Waals surface area contributed by atoms with Crippen molar-refractivity contribution >= 4 is 0 Å². The summed E-state index contributed by atoms with van der Waals surface area (Å²) in [6.45, 7) is 12.6. The Morgan fingerprint density at radius 1 is 0.700 bits per heavy atom. The molecule has 2 aliphatic heterocycles. The lowest BCUT2D eigenvalue weighted by atomic mass is 10.3. The first-order valence-electron chi connectivity index (χ1n) is 8.09. The third-order valence-corrected chi connectivity index (χ3v) is 3.80. The van der Waals surface area contributed by atoms with E-state index in [4.69, 9.17) is 0 Å². The molecule has 114 valence electrons.